The Bertz CT molecular complexity index is 419. The second-order valence-corrected chi connectivity index (χ2v) is 6.11. The molecule has 2 N–H and O–H groups in total. The molecule has 1 aromatic heterocycles. The van der Waals surface area contributed by atoms with E-state index in [2.05, 4.69) is 10.1 Å². The molecule has 1 aliphatic rings. The molecule has 1 aliphatic heterocycles. The van der Waals surface area contributed by atoms with E-state index in [1.165, 1.54) is 0 Å². The molecule has 0 bridgehead atoms. The summed E-state index contributed by atoms with van der Waals surface area (Å²) in [6, 6.07) is -0.289. The summed E-state index contributed by atoms with van der Waals surface area (Å²) in [6.45, 7) is 7.41. The first-order valence-electron chi connectivity index (χ1n) is 6.62. The molecular formula is C13H23N3O3. The molecule has 1 atom stereocenters. The van der Waals surface area contributed by atoms with Crippen molar-refractivity contribution in [1.82, 2.24) is 10.1 Å². The maximum Gasteiger partial charge on any atom is 0.244 e. The molecule has 1 aromatic rings. The maximum absolute atomic E-state index is 6.14. The van der Waals surface area contributed by atoms with Gasteiger partial charge in [-0.05, 0) is 5.41 Å². The number of ether oxygens (including phenoxy) is 2. The van der Waals surface area contributed by atoms with Crippen molar-refractivity contribution in [2.45, 2.75) is 45.3 Å². The summed E-state index contributed by atoms with van der Waals surface area (Å²) in [6.07, 6.45) is 1.46. The third-order valence-electron chi connectivity index (χ3n) is 3.74. The molecule has 108 valence electrons. The van der Waals surface area contributed by atoms with E-state index in [0.717, 1.165) is 12.8 Å². The number of hydrogen-bond donors (Lipinski definition) is 1. The minimum atomic E-state index is -0.502. The van der Waals surface area contributed by atoms with Gasteiger partial charge in [0.05, 0.1) is 6.04 Å². The van der Waals surface area contributed by atoms with Gasteiger partial charge in [0.15, 0.2) is 0 Å². The zero-order chi connectivity index (χ0) is 14.1. The Labute approximate surface area is 113 Å². The van der Waals surface area contributed by atoms with Gasteiger partial charge >= 0.3 is 0 Å². The number of rotatable bonds is 3. The van der Waals surface area contributed by atoms with Crippen LogP contribution in [0.1, 0.15) is 51.4 Å². The molecule has 0 aromatic carbocycles. The van der Waals surface area contributed by atoms with E-state index in [9.17, 15) is 0 Å². The van der Waals surface area contributed by atoms with E-state index in [1.54, 1.807) is 7.11 Å². The average molecular weight is 269 g/mol. The first-order chi connectivity index (χ1) is 8.89. The first kappa shape index (κ1) is 14.4. The van der Waals surface area contributed by atoms with Crippen LogP contribution in [0.2, 0.25) is 0 Å². The number of hydrogen-bond acceptors (Lipinski definition) is 6. The SMILES string of the molecule is COC1(c2noc(C(N)C(C)(C)C)n2)CCOCC1. The molecule has 1 unspecified atom stereocenters. The Morgan fingerprint density at radius 2 is 1.95 bits per heavy atom. The summed E-state index contributed by atoms with van der Waals surface area (Å²) in [4.78, 5) is 4.46. The Balaban J connectivity index is 2.24. The van der Waals surface area contributed by atoms with Gasteiger partial charge in [-0.15, -0.1) is 0 Å². The average Bonchev–Trinajstić information content (AvgIpc) is 2.87. The van der Waals surface area contributed by atoms with Gasteiger partial charge in [0.1, 0.15) is 5.60 Å². The van der Waals surface area contributed by atoms with Gasteiger partial charge in [0.25, 0.3) is 0 Å². The van der Waals surface area contributed by atoms with Crippen LogP contribution in [-0.4, -0.2) is 30.5 Å². The predicted molar refractivity (Wildman–Crippen MR) is 69.4 cm³/mol. The quantitative estimate of drug-likeness (QED) is 0.900. The van der Waals surface area contributed by atoms with E-state index in [4.69, 9.17) is 19.7 Å². The van der Waals surface area contributed by atoms with Crippen molar-refractivity contribution in [2.75, 3.05) is 20.3 Å². The Hall–Kier alpha value is -0.980. The van der Waals surface area contributed by atoms with E-state index >= 15 is 0 Å². The van der Waals surface area contributed by atoms with Crippen LogP contribution in [0.25, 0.3) is 0 Å². The molecule has 0 spiro atoms. The Kier molecular flexibility index (Phi) is 3.94. The number of aromatic nitrogens is 2. The smallest absolute Gasteiger partial charge is 0.244 e. The van der Waals surface area contributed by atoms with E-state index in [1.807, 2.05) is 20.8 Å². The Morgan fingerprint density at radius 3 is 2.47 bits per heavy atom. The molecule has 6 heteroatoms. The minimum Gasteiger partial charge on any atom is -0.381 e. The lowest BCUT2D eigenvalue weighted by Crippen LogP contribution is -2.36. The maximum atomic E-state index is 6.14. The zero-order valence-electron chi connectivity index (χ0n) is 12.1. The normalized spacial score (nSPS) is 21.3. The number of nitrogens with zero attached hydrogens (tertiary/aromatic N) is 2. The summed E-state index contributed by atoms with van der Waals surface area (Å²) >= 11 is 0. The molecular weight excluding hydrogens is 246 g/mol. The number of nitrogens with two attached hydrogens (primary N) is 1. The molecule has 2 heterocycles. The lowest BCUT2D eigenvalue weighted by molar-refractivity contribution is -0.101. The molecule has 6 nitrogen and oxygen atoms in total. The lowest BCUT2D eigenvalue weighted by Gasteiger charge is -2.32. The summed E-state index contributed by atoms with van der Waals surface area (Å²) in [5.74, 6) is 1.04. The molecule has 0 radical (unpaired) electrons. The molecule has 19 heavy (non-hydrogen) atoms. The fourth-order valence-corrected chi connectivity index (χ4v) is 2.14. The Morgan fingerprint density at radius 1 is 1.32 bits per heavy atom. The fourth-order valence-electron chi connectivity index (χ4n) is 2.14. The third kappa shape index (κ3) is 2.80. The van der Waals surface area contributed by atoms with Crippen LogP contribution < -0.4 is 5.73 Å². The van der Waals surface area contributed by atoms with Crippen molar-refractivity contribution in [3.05, 3.63) is 11.7 Å². The first-order valence-corrected chi connectivity index (χ1v) is 6.62. The van der Waals surface area contributed by atoms with Crippen LogP contribution in [-0.2, 0) is 15.1 Å². The van der Waals surface area contributed by atoms with Crippen molar-refractivity contribution < 1.29 is 14.0 Å². The summed E-state index contributed by atoms with van der Waals surface area (Å²) in [5.41, 5.74) is 5.51. The van der Waals surface area contributed by atoms with Crippen molar-refractivity contribution in [3.8, 4) is 0 Å². The van der Waals surface area contributed by atoms with Crippen LogP contribution in [0.3, 0.4) is 0 Å². The van der Waals surface area contributed by atoms with Gasteiger partial charge in [-0.25, -0.2) is 0 Å². The number of methoxy groups -OCH3 is 1. The van der Waals surface area contributed by atoms with Gasteiger partial charge in [-0.2, -0.15) is 4.98 Å². The van der Waals surface area contributed by atoms with Crippen molar-refractivity contribution in [3.63, 3.8) is 0 Å². The second-order valence-electron chi connectivity index (χ2n) is 6.11. The highest BCUT2D eigenvalue weighted by molar-refractivity contribution is 5.05. The predicted octanol–water partition coefficient (Wildman–Crippen LogP) is 1.77. The summed E-state index contributed by atoms with van der Waals surface area (Å²) in [7, 11) is 1.67. The van der Waals surface area contributed by atoms with Crippen molar-refractivity contribution in [1.29, 1.82) is 0 Å². The molecule has 1 fully saturated rings. The highest BCUT2D eigenvalue weighted by Crippen LogP contribution is 2.35. The third-order valence-corrected chi connectivity index (χ3v) is 3.74. The fraction of sp³-hybridized carbons (Fsp3) is 0.846. The molecule has 0 aliphatic carbocycles. The van der Waals surface area contributed by atoms with Crippen LogP contribution in [0, 0.1) is 5.41 Å². The molecule has 1 saturated heterocycles. The summed E-state index contributed by atoms with van der Waals surface area (Å²) < 4.78 is 16.3. The molecule has 0 amide bonds. The van der Waals surface area contributed by atoms with Crippen LogP contribution in [0.5, 0.6) is 0 Å². The molecule has 0 saturated carbocycles. The van der Waals surface area contributed by atoms with Crippen LogP contribution in [0.15, 0.2) is 4.52 Å². The lowest BCUT2D eigenvalue weighted by atomic mass is 9.87. The topological polar surface area (TPSA) is 83.4 Å². The van der Waals surface area contributed by atoms with Gasteiger partial charge in [-0.3, -0.25) is 0 Å². The van der Waals surface area contributed by atoms with Crippen LogP contribution >= 0.6 is 0 Å². The monoisotopic (exact) mass is 269 g/mol. The van der Waals surface area contributed by atoms with E-state index in [0.29, 0.717) is 24.9 Å². The largest absolute Gasteiger partial charge is 0.381 e. The van der Waals surface area contributed by atoms with Gasteiger partial charge in [-0.1, -0.05) is 25.9 Å². The highest BCUT2D eigenvalue weighted by atomic mass is 16.5. The summed E-state index contributed by atoms with van der Waals surface area (Å²) in [5, 5.41) is 4.07. The van der Waals surface area contributed by atoms with Crippen LogP contribution in [0.4, 0.5) is 0 Å². The molecule has 2 rings (SSSR count). The highest BCUT2D eigenvalue weighted by Gasteiger charge is 2.40. The van der Waals surface area contributed by atoms with E-state index < -0.39 is 5.60 Å². The van der Waals surface area contributed by atoms with Gasteiger partial charge < -0.3 is 19.7 Å². The van der Waals surface area contributed by atoms with Gasteiger partial charge in [0.2, 0.25) is 11.7 Å². The van der Waals surface area contributed by atoms with E-state index in [-0.39, 0.29) is 11.5 Å². The zero-order valence-corrected chi connectivity index (χ0v) is 12.1. The van der Waals surface area contributed by atoms with Crippen molar-refractivity contribution in [2.24, 2.45) is 11.1 Å². The standard InChI is InChI=1S/C13H23N3O3/c1-12(2,3)9(14)10-15-11(16-19-10)13(17-4)5-7-18-8-6-13/h9H,5-8,14H2,1-4H3. The van der Waals surface area contributed by atoms with Gasteiger partial charge in [0, 0.05) is 33.2 Å². The second kappa shape index (κ2) is 5.19. The van der Waals surface area contributed by atoms with Crippen molar-refractivity contribution >= 4 is 0 Å². The minimum absolute atomic E-state index is 0.125.